The van der Waals surface area contributed by atoms with Crippen LogP contribution in [0.1, 0.15) is 31.0 Å². The number of carbonyl (C=O) groups is 1. The first-order valence-electron chi connectivity index (χ1n) is 9.19. The van der Waals surface area contributed by atoms with Gasteiger partial charge in [-0.3, -0.25) is 9.36 Å². The summed E-state index contributed by atoms with van der Waals surface area (Å²) in [6.45, 7) is 6.60. The van der Waals surface area contributed by atoms with E-state index in [1.54, 1.807) is 6.33 Å². The number of rotatable bonds is 8. The molecule has 0 fully saturated rings. The zero-order valence-electron chi connectivity index (χ0n) is 16.3. The second-order valence-electron chi connectivity index (χ2n) is 6.40. The van der Waals surface area contributed by atoms with E-state index in [2.05, 4.69) is 15.5 Å². The minimum absolute atomic E-state index is 0.0511. The van der Waals surface area contributed by atoms with E-state index in [0.29, 0.717) is 11.8 Å². The number of ether oxygens (including phenoxy) is 1. The highest BCUT2D eigenvalue weighted by Gasteiger charge is 2.13. The summed E-state index contributed by atoms with van der Waals surface area (Å²) in [6, 6.07) is 15.8. The highest BCUT2D eigenvalue weighted by atomic mass is 32.2. The average Bonchev–Trinajstić information content (AvgIpc) is 3.16. The number of nitrogens with one attached hydrogen (secondary N) is 1. The first kappa shape index (κ1) is 19.9. The van der Waals surface area contributed by atoms with Gasteiger partial charge in [0.2, 0.25) is 5.91 Å². The third-order valence-corrected chi connectivity index (χ3v) is 5.17. The lowest BCUT2D eigenvalue weighted by Gasteiger charge is -2.15. The van der Waals surface area contributed by atoms with Crippen LogP contribution in [-0.4, -0.2) is 33.0 Å². The second-order valence-corrected chi connectivity index (χ2v) is 7.34. The van der Waals surface area contributed by atoms with Crippen molar-refractivity contribution in [2.24, 2.45) is 0 Å². The van der Waals surface area contributed by atoms with Crippen molar-refractivity contribution in [2.75, 3.05) is 12.4 Å². The van der Waals surface area contributed by atoms with Crippen molar-refractivity contribution in [3.63, 3.8) is 0 Å². The molecule has 1 heterocycles. The summed E-state index contributed by atoms with van der Waals surface area (Å²) >= 11 is 1.36. The number of nitrogens with zero attached hydrogens (tertiary/aromatic N) is 3. The molecule has 0 radical (unpaired) electrons. The summed E-state index contributed by atoms with van der Waals surface area (Å²) in [5.74, 6) is 1.05. The van der Waals surface area contributed by atoms with Crippen LogP contribution in [0.5, 0.6) is 5.75 Å². The maximum absolute atomic E-state index is 12.4. The molecule has 0 aliphatic heterocycles. The number of aromatic nitrogens is 3. The Hall–Kier alpha value is -2.80. The highest BCUT2D eigenvalue weighted by Crippen LogP contribution is 2.21. The van der Waals surface area contributed by atoms with Crippen LogP contribution in [0.3, 0.4) is 0 Å². The fourth-order valence-corrected chi connectivity index (χ4v) is 3.46. The van der Waals surface area contributed by atoms with E-state index in [4.69, 9.17) is 4.74 Å². The Labute approximate surface area is 169 Å². The van der Waals surface area contributed by atoms with Crippen LogP contribution in [0.25, 0.3) is 5.69 Å². The molecule has 3 rings (SSSR count). The molecule has 0 aliphatic rings. The molecule has 0 spiro atoms. The highest BCUT2D eigenvalue weighted by molar-refractivity contribution is 7.99. The lowest BCUT2D eigenvalue weighted by Crippen LogP contribution is -2.28. The van der Waals surface area contributed by atoms with Crippen LogP contribution in [0.2, 0.25) is 0 Å². The van der Waals surface area contributed by atoms with Crippen LogP contribution in [0.4, 0.5) is 0 Å². The number of hydrogen-bond donors (Lipinski definition) is 1. The van der Waals surface area contributed by atoms with Crippen molar-refractivity contribution in [1.82, 2.24) is 20.1 Å². The maximum Gasteiger partial charge on any atom is 0.230 e. The third-order valence-electron chi connectivity index (χ3n) is 4.23. The third kappa shape index (κ3) is 5.13. The van der Waals surface area contributed by atoms with Crippen LogP contribution < -0.4 is 10.1 Å². The van der Waals surface area contributed by atoms with Crippen molar-refractivity contribution in [2.45, 2.75) is 32.0 Å². The van der Waals surface area contributed by atoms with Gasteiger partial charge in [0, 0.05) is 5.69 Å². The standard InChI is InChI=1S/C21H24N4O2S/c1-4-27-19-11-7-17(8-12-19)16(3)23-20(26)13-28-21-24-22-14-25(21)18-9-5-15(2)6-10-18/h5-12,14,16H,4,13H2,1-3H3,(H,23,26). The van der Waals surface area contributed by atoms with Gasteiger partial charge in [0.05, 0.1) is 18.4 Å². The number of carbonyl (C=O) groups excluding carboxylic acids is 1. The summed E-state index contributed by atoms with van der Waals surface area (Å²) < 4.78 is 7.33. The Kier molecular flexibility index (Phi) is 6.71. The van der Waals surface area contributed by atoms with Crippen molar-refractivity contribution < 1.29 is 9.53 Å². The molecule has 7 heteroatoms. The van der Waals surface area contributed by atoms with Gasteiger partial charge < -0.3 is 10.1 Å². The quantitative estimate of drug-likeness (QED) is 0.584. The summed E-state index contributed by atoms with van der Waals surface area (Å²) in [6.07, 6.45) is 1.66. The Morgan fingerprint density at radius 2 is 1.89 bits per heavy atom. The molecule has 0 bridgehead atoms. The van der Waals surface area contributed by atoms with Gasteiger partial charge in [-0.1, -0.05) is 41.6 Å². The predicted octanol–water partition coefficient (Wildman–Crippen LogP) is 3.94. The van der Waals surface area contributed by atoms with Gasteiger partial charge in [-0.2, -0.15) is 0 Å². The summed E-state index contributed by atoms with van der Waals surface area (Å²) in [5, 5.41) is 11.8. The minimum atomic E-state index is -0.0845. The lowest BCUT2D eigenvalue weighted by molar-refractivity contribution is -0.119. The van der Waals surface area contributed by atoms with E-state index >= 15 is 0 Å². The van der Waals surface area contributed by atoms with Crippen molar-refractivity contribution >= 4 is 17.7 Å². The van der Waals surface area contributed by atoms with Crippen molar-refractivity contribution in [3.8, 4) is 11.4 Å². The fraction of sp³-hybridized carbons (Fsp3) is 0.286. The molecule has 1 amide bonds. The van der Waals surface area contributed by atoms with Crippen LogP contribution in [0, 0.1) is 6.92 Å². The molecule has 6 nitrogen and oxygen atoms in total. The monoisotopic (exact) mass is 396 g/mol. The summed E-state index contributed by atoms with van der Waals surface area (Å²) in [7, 11) is 0. The normalized spacial score (nSPS) is 11.8. The Bertz CT molecular complexity index is 907. The van der Waals surface area contributed by atoms with Crippen molar-refractivity contribution in [1.29, 1.82) is 0 Å². The van der Waals surface area contributed by atoms with Gasteiger partial charge >= 0.3 is 0 Å². The predicted molar refractivity (Wildman–Crippen MR) is 111 cm³/mol. The van der Waals surface area contributed by atoms with Gasteiger partial charge in [0.1, 0.15) is 12.1 Å². The lowest BCUT2D eigenvalue weighted by atomic mass is 10.1. The van der Waals surface area contributed by atoms with Crippen LogP contribution in [-0.2, 0) is 4.79 Å². The number of hydrogen-bond acceptors (Lipinski definition) is 5. The Morgan fingerprint density at radius 3 is 2.57 bits per heavy atom. The SMILES string of the molecule is CCOc1ccc(C(C)NC(=O)CSc2nncn2-c2ccc(C)cc2)cc1. The molecule has 1 N–H and O–H groups in total. The van der Waals surface area contributed by atoms with Gasteiger partial charge in [-0.05, 0) is 50.6 Å². The van der Waals surface area contributed by atoms with E-state index in [0.717, 1.165) is 17.0 Å². The fourth-order valence-electron chi connectivity index (χ4n) is 2.72. The maximum atomic E-state index is 12.4. The minimum Gasteiger partial charge on any atom is -0.494 e. The van der Waals surface area contributed by atoms with Gasteiger partial charge in [0.25, 0.3) is 0 Å². The Morgan fingerprint density at radius 1 is 1.18 bits per heavy atom. The smallest absolute Gasteiger partial charge is 0.230 e. The second kappa shape index (κ2) is 9.41. The van der Waals surface area contributed by atoms with E-state index in [9.17, 15) is 4.79 Å². The number of amides is 1. The molecule has 0 saturated heterocycles. The molecule has 0 aliphatic carbocycles. The van der Waals surface area contributed by atoms with Gasteiger partial charge in [0.15, 0.2) is 5.16 Å². The number of aryl methyl sites for hydroxylation is 1. The van der Waals surface area contributed by atoms with E-state index in [1.807, 2.05) is 73.9 Å². The summed E-state index contributed by atoms with van der Waals surface area (Å²) in [4.78, 5) is 12.4. The molecular weight excluding hydrogens is 372 g/mol. The number of benzene rings is 2. The first-order valence-corrected chi connectivity index (χ1v) is 10.2. The van der Waals surface area contributed by atoms with E-state index < -0.39 is 0 Å². The number of thioether (sulfide) groups is 1. The first-order chi connectivity index (χ1) is 13.6. The largest absolute Gasteiger partial charge is 0.494 e. The molecule has 0 saturated carbocycles. The molecule has 1 aromatic heterocycles. The van der Waals surface area contributed by atoms with Gasteiger partial charge in [-0.25, -0.2) is 0 Å². The van der Waals surface area contributed by atoms with Crippen molar-refractivity contribution in [3.05, 3.63) is 66.0 Å². The molecule has 1 atom stereocenters. The molecule has 3 aromatic rings. The zero-order chi connectivity index (χ0) is 19.9. The Balaban J connectivity index is 1.56. The molecular formula is C21H24N4O2S. The molecule has 1 unspecified atom stereocenters. The molecule has 146 valence electrons. The van der Waals surface area contributed by atoms with E-state index in [1.165, 1.54) is 17.3 Å². The van der Waals surface area contributed by atoms with Crippen LogP contribution >= 0.6 is 11.8 Å². The summed E-state index contributed by atoms with van der Waals surface area (Å²) in [5.41, 5.74) is 3.19. The molecule has 28 heavy (non-hydrogen) atoms. The van der Waals surface area contributed by atoms with Gasteiger partial charge in [-0.15, -0.1) is 10.2 Å². The van der Waals surface area contributed by atoms with Crippen LogP contribution in [0.15, 0.2) is 60.0 Å². The van der Waals surface area contributed by atoms with E-state index in [-0.39, 0.29) is 17.7 Å². The topological polar surface area (TPSA) is 69.0 Å². The average molecular weight is 397 g/mol. The molecule has 2 aromatic carbocycles. The zero-order valence-corrected chi connectivity index (χ0v) is 17.1.